The van der Waals surface area contributed by atoms with Crippen LogP contribution in [0.5, 0.6) is 0 Å². The fraction of sp³-hybridized carbons (Fsp3) is 0.839. The zero-order valence-electron chi connectivity index (χ0n) is 23.2. The van der Waals surface area contributed by atoms with Crippen molar-refractivity contribution in [3.63, 3.8) is 0 Å². The monoisotopic (exact) mass is 486 g/mol. The molecule has 0 aromatic rings. The Morgan fingerprint density at radius 3 is 2.34 bits per heavy atom. The summed E-state index contributed by atoms with van der Waals surface area (Å²) >= 11 is 0. The molecule has 0 aromatic heterocycles. The molecular formula is C31H50O4. The highest BCUT2D eigenvalue weighted by molar-refractivity contribution is 5.71. The van der Waals surface area contributed by atoms with Crippen molar-refractivity contribution >= 4 is 5.97 Å². The zero-order chi connectivity index (χ0) is 26.1. The van der Waals surface area contributed by atoms with E-state index < -0.39 is 18.0 Å². The number of carboxylic acids is 1. The van der Waals surface area contributed by atoms with Crippen molar-refractivity contribution in [1.29, 1.82) is 0 Å². The fourth-order valence-corrected chi connectivity index (χ4v) is 9.63. The molecular weight excluding hydrogens is 436 g/mol. The Kier molecular flexibility index (Phi) is 6.71. The van der Waals surface area contributed by atoms with Gasteiger partial charge in [-0.25, -0.2) is 0 Å². The zero-order valence-corrected chi connectivity index (χ0v) is 23.2. The number of carboxylic acid groups (broad SMARTS) is 1. The Bertz CT molecular complexity index is 902. The number of aliphatic hydroxyl groups excluding tert-OH is 2. The van der Waals surface area contributed by atoms with Crippen LogP contribution < -0.4 is 0 Å². The van der Waals surface area contributed by atoms with Gasteiger partial charge in [-0.2, -0.15) is 0 Å². The molecule has 0 saturated heterocycles. The van der Waals surface area contributed by atoms with Gasteiger partial charge in [0.05, 0.1) is 18.1 Å². The molecule has 4 heteroatoms. The summed E-state index contributed by atoms with van der Waals surface area (Å²) in [4.78, 5) is 12.6. The van der Waals surface area contributed by atoms with Crippen molar-refractivity contribution in [2.75, 3.05) is 0 Å². The summed E-state index contributed by atoms with van der Waals surface area (Å²) in [5, 5.41) is 32.6. The Hall–Kier alpha value is -1.13. The highest BCUT2D eigenvalue weighted by Crippen LogP contribution is 2.73. The Labute approximate surface area is 213 Å². The molecule has 198 valence electrons. The lowest BCUT2D eigenvalue weighted by atomic mass is 9.41. The van der Waals surface area contributed by atoms with Gasteiger partial charge in [0.25, 0.3) is 0 Å². The number of rotatable bonds is 6. The van der Waals surface area contributed by atoms with Crippen LogP contribution in [0.1, 0.15) is 99.8 Å². The Morgan fingerprint density at radius 1 is 1.09 bits per heavy atom. The molecule has 4 aliphatic carbocycles. The van der Waals surface area contributed by atoms with Crippen LogP contribution in [-0.4, -0.2) is 33.5 Å². The van der Waals surface area contributed by atoms with Crippen LogP contribution in [0.2, 0.25) is 0 Å². The molecule has 0 radical (unpaired) electrons. The molecule has 0 bridgehead atoms. The summed E-state index contributed by atoms with van der Waals surface area (Å²) < 4.78 is 0. The van der Waals surface area contributed by atoms with Crippen molar-refractivity contribution in [2.45, 2.75) is 112 Å². The van der Waals surface area contributed by atoms with E-state index in [1.165, 1.54) is 0 Å². The van der Waals surface area contributed by atoms with Gasteiger partial charge in [-0.1, -0.05) is 72.3 Å². The van der Waals surface area contributed by atoms with Crippen molar-refractivity contribution in [3.05, 3.63) is 23.8 Å². The first-order valence-electron chi connectivity index (χ1n) is 14.1. The van der Waals surface area contributed by atoms with Crippen molar-refractivity contribution < 1.29 is 20.1 Å². The molecule has 4 aliphatic rings. The fourth-order valence-electron chi connectivity index (χ4n) is 9.63. The van der Waals surface area contributed by atoms with Crippen LogP contribution in [0, 0.1) is 51.2 Å². The first-order valence-corrected chi connectivity index (χ1v) is 14.1. The number of fused-ring (bicyclic) bond motifs is 5. The van der Waals surface area contributed by atoms with E-state index in [0.29, 0.717) is 37.0 Å². The molecule has 3 saturated carbocycles. The van der Waals surface area contributed by atoms with Gasteiger partial charge in [0.1, 0.15) is 0 Å². The van der Waals surface area contributed by atoms with Crippen LogP contribution in [0.4, 0.5) is 0 Å². The van der Waals surface area contributed by atoms with Crippen LogP contribution in [-0.2, 0) is 4.79 Å². The van der Waals surface area contributed by atoms with Crippen LogP contribution in [0.15, 0.2) is 23.8 Å². The lowest BCUT2D eigenvalue weighted by molar-refractivity contribution is -0.150. The summed E-state index contributed by atoms with van der Waals surface area (Å²) in [5.41, 5.74) is 2.22. The number of hydrogen-bond donors (Lipinski definition) is 3. The van der Waals surface area contributed by atoms with Gasteiger partial charge >= 0.3 is 5.97 Å². The largest absolute Gasteiger partial charge is 0.481 e. The predicted molar refractivity (Wildman–Crippen MR) is 141 cm³/mol. The van der Waals surface area contributed by atoms with Crippen LogP contribution >= 0.6 is 0 Å². The van der Waals surface area contributed by atoms with Gasteiger partial charge in [0.2, 0.25) is 0 Å². The number of allylic oxidation sites excluding steroid dienone is 3. The van der Waals surface area contributed by atoms with E-state index in [0.717, 1.165) is 37.7 Å². The van der Waals surface area contributed by atoms with Crippen molar-refractivity contribution in [2.24, 2.45) is 51.2 Å². The normalized spacial score (nSPS) is 45.2. The molecule has 0 aliphatic heterocycles. The van der Waals surface area contributed by atoms with Gasteiger partial charge in [-0.3, -0.25) is 4.79 Å². The molecule has 3 unspecified atom stereocenters. The van der Waals surface area contributed by atoms with Gasteiger partial charge in [0.15, 0.2) is 0 Å². The Morgan fingerprint density at radius 2 is 1.74 bits per heavy atom. The maximum absolute atomic E-state index is 12.6. The van der Waals surface area contributed by atoms with E-state index in [4.69, 9.17) is 0 Å². The molecule has 3 N–H and O–H groups in total. The highest BCUT2D eigenvalue weighted by atomic mass is 16.4. The first kappa shape index (κ1) is 26.9. The molecule has 3 fully saturated rings. The Balaban J connectivity index is 1.70. The molecule has 0 heterocycles. The number of aliphatic carboxylic acids is 1. The maximum atomic E-state index is 12.6. The van der Waals surface area contributed by atoms with Crippen molar-refractivity contribution in [3.8, 4) is 0 Å². The lowest BCUT2D eigenvalue weighted by Crippen LogP contribution is -2.57. The van der Waals surface area contributed by atoms with Gasteiger partial charge in [0, 0.05) is 5.92 Å². The third-order valence-corrected chi connectivity index (χ3v) is 12.2. The lowest BCUT2D eigenvalue weighted by Gasteiger charge is -2.64. The summed E-state index contributed by atoms with van der Waals surface area (Å²) in [6, 6.07) is 0. The van der Waals surface area contributed by atoms with Gasteiger partial charge in [-0.15, -0.1) is 0 Å². The summed E-state index contributed by atoms with van der Waals surface area (Å²) in [5.74, 6) is -0.424. The minimum Gasteiger partial charge on any atom is -0.481 e. The smallest absolute Gasteiger partial charge is 0.306 e. The second kappa shape index (κ2) is 8.72. The minimum absolute atomic E-state index is 0.0697. The van der Waals surface area contributed by atoms with E-state index in [2.05, 4.69) is 61.1 Å². The second-order valence-corrected chi connectivity index (χ2v) is 14.3. The number of aliphatic hydroxyl groups is 2. The topological polar surface area (TPSA) is 77.8 Å². The van der Waals surface area contributed by atoms with E-state index in [1.807, 2.05) is 0 Å². The van der Waals surface area contributed by atoms with Crippen LogP contribution in [0.25, 0.3) is 0 Å². The molecule has 0 amide bonds. The highest BCUT2D eigenvalue weighted by Gasteiger charge is 2.68. The summed E-state index contributed by atoms with van der Waals surface area (Å²) in [6.07, 6.45) is 8.37. The van der Waals surface area contributed by atoms with Crippen LogP contribution in [0.3, 0.4) is 0 Å². The molecule has 0 aromatic carbocycles. The van der Waals surface area contributed by atoms with Crippen molar-refractivity contribution in [1.82, 2.24) is 0 Å². The van der Waals surface area contributed by atoms with E-state index in [9.17, 15) is 20.1 Å². The average molecular weight is 487 g/mol. The molecule has 9 atom stereocenters. The number of carbonyl (C=O) groups is 1. The standard InChI is InChI=1S/C31H50O4/c1-18(2)19(3)9-10-20(27(34)35)26-23(32)17-31(8)22-11-12-24-28(4,5)25(33)14-15-29(24,6)21(22)13-16-30(26,31)7/h13,18,20,22-26,32-33H,3,9-12,14-17H2,1-2,4-8H3,(H,34,35)/t20?,22?,23-,24+,25?,26+,29-,30-,31+/m1/s1. The quantitative estimate of drug-likeness (QED) is 0.369. The number of hydrogen-bond acceptors (Lipinski definition) is 3. The first-order chi connectivity index (χ1) is 16.1. The van der Waals surface area contributed by atoms with E-state index in [1.54, 1.807) is 5.57 Å². The molecule has 35 heavy (non-hydrogen) atoms. The molecule has 4 rings (SSSR count). The average Bonchev–Trinajstić information content (AvgIpc) is 2.97. The SMILES string of the molecule is C=C(CCC(C(=O)O)[C@H]1[C@H](O)C[C@@]2(C)C3CC[C@H]4C(C)(C)C(O)CC[C@]4(C)C3=CC[C@]12C)C(C)C. The van der Waals surface area contributed by atoms with Gasteiger partial charge < -0.3 is 15.3 Å². The minimum atomic E-state index is -0.774. The molecule has 0 spiro atoms. The third-order valence-electron chi connectivity index (χ3n) is 12.2. The molecule has 4 nitrogen and oxygen atoms in total. The third kappa shape index (κ3) is 3.79. The van der Waals surface area contributed by atoms with E-state index in [-0.39, 0.29) is 33.7 Å². The summed E-state index contributed by atoms with van der Waals surface area (Å²) in [6.45, 7) is 19.9. The van der Waals surface area contributed by atoms with Gasteiger partial charge in [-0.05, 0) is 90.8 Å². The predicted octanol–water partition coefficient (Wildman–Crippen LogP) is 6.62. The second-order valence-electron chi connectivity index (χ2n) is 14.3. The van der Waals surface area contributed by atoms with E-state index >= 15 is 0 Å². The summed E-state index contributed by atoms with van der Waals surface area (Å²) in [7, 11) is 0. The maximum Gasteiger partial charge on any atom is 0.306 e.